The lowest BCUT2D eigenvalue weighted by molar-refractivity contribution is -0.384. The summed E-state index contributed by atoms with van der Waals surface area (Å²) in [6, 6.07) is 16.5. The molecule has 0 heterocycles. The van der Waals surface area contributed by atoms with Gasteiger partial charge in [0.15, 0.2) is 11.5 Å². The summed E-state index contributed by atoms with van der Waals surface area (Å²) in [5.74, 6) is 0.149. The number of nitrogens with one attached hydrogen (secondary N) is 1. The number of halogens is 2. The largest absolute Gasteiger partial charge is 0.493 e. The molecule has 0 fully saturated rings. The van der Waals surface area contributed by atoms with Gasteiger partial charge in [0.25, 0.3) is 11.6 Å². The molecule has 1 N–H and O–H groups in total. The lowest BCUT2D eigenvalue weighted by Gasteiger charge is -2.14. The third kappa shape index (κ3) is 6.59. The van der Waals surface area contributed by atoms with Gasteiger partial charge in [-0.1, -0.05) is 29.8 Å². The molecule has 3 aromatic rings. The molecule has 0 saturated heterocycles. The summed E-state index contributed by atoms with van der Waals surface area (Å²) in [6.45, 7) is 1.97. The highest BCUT2D eigenvalue weighted by atomic mass is 79.9. The molecule has 0 radical (unpaired) electrons. The average Bonchev–Trinajstić information content (AvgIpc) is 2.83. The maximum Gasteiger partial charge on any atom is 0.271 e. The number of rotatable bonds is 8. The van der Waals surface area contributed by atoms with Crippen LogP contribution in [0.25, 0.3) is 6.08 Å². The summed E-state index contributed by atoms with van der Waals surface area (Å²) in [6.07, 6.45) is 1.39. The standard InChI is InChI=1S/C25H19BrClN3O5/c1-15-3-8-20(30(32)33)12-22(15)29-25(31)18(13-28)9-17-10-21(26)24(23(11-17)34-2)35-14-16-4-6-19(27)7-5-16/h3-12H,14H2,1-2H3,(H,29,31)/b18-9+. The molecule has 0 bridgehead atoms. The van der Waals surface area contributed by atoms with E-state index in [4.69, 9.17) is 21.1 Å². The number of nitrogens with zero attached hydrogens (tertiary/aromatic N) is 2. The molecule has 178 valence electrons. The van der Waals surface area contributed by atoms with E-state index in [1.54, 1.807) is 31.2 Å². The number of carbonyl (C=O) groups excluding carboxylic acids is 1. The number of benzene rings is 3. The van der Waals surface area contributed by atoms with Gasteiger partial charge in [0.2, 0.25) is 0 Å². The molecule has 0 aliphatic carbocycles. The molecule has 3 aromatic carbocycles. The summed E-state index contributed by atoms with van der Waals surface area (Å²) in [4.78, 5) is 23.2. The SMILES string of the molecule is COc1cc(/C=C(\C#N)C(=O)Nc2cc([N+](=O)[O-])ccc2C)cc(Br)c1OCc1ccc(Cl)cc1. The molecule has 0 spiro atoms. The van der Waals surface area contributed by atoms with Crippen LogP contribution in [0.2, 0.25) is 5.02 Å². The van der Waals surface area contributed by atoms with E-state index in [-0.39, 0.29) is 23.6 Å². The van der Waals surface area contributed by atoms with E-state index in [0.717, 1.165) is 5.56 Å². The molecule has 1 amide bonds. The number of ether oxygens (including phenoxy) is 2. The van der Waals surface area contributed by atoms with Crippen molar-refractivity contribution in [1.29, 1.82) is 5.26 Å². The third-order valence-corrected chi connectivity index (χ3v) is 5.75. The zero-order valence-corrected chi connectivity index (χ0v) is 21.0. The number of anilines is 1. The first-order valence-electron chi connectivity index (χ1n) is 10.1. The minimum absolute atomic E-state index is 0.170. The second-order valence-corrected chi connectivity index (χ2v) is 8.62. The van der Waals surface area contributed by atoms with Crippen molar-refractivity contribution < 1.29 is 19.2 Å². The number of nitro benzene ring substituents is 1. The highest BCUT2D eigenvalue weighted by molar-refractivity contribution is 9.10. The van der Waals surface area contributed by atoms with Crippen LogP contribution in [0.5, 0.6) is 11.5 Å². The summed E-state index contributed by atoms with van der Waals surface area (Å²) >= 11 is 9.37. The lowest BCUT2D eigenvalue weighted by atomic mass is 10.1. The van der Waals surface area contributed by atoms with Crippen molar-refractivity contribution in [2.75, 3.05) is 12.4 Å². The van der Waals surface area contributed by atoms with Gasteiger partial charge in [-0.3, -0.25) is 14.9 Å². The van der Waals surface area contributed by atoms with Crippen molar-refractivity contribution in [2.45, 2.75) is 13.5 Å². The Morgan fingerprint density at radius 3 is 2.57 bits per heavy atom. The van der Waals surface area contributed by atoms with E-state index in [1.165, 1.54) is 31.4 Å². The number of hydrogen-bond donors (Lipinski definition) is 1. The summed E-state index contributed by atoms with van der Waals surface area (Å²) in [5, 5.41) is 23.8. The van der Waals surface area contributed by atoms with Gasteiger partial charge in [-0.05, 0) is 69.9 Å². The highest BCUT2D eigenvalue weighted by Crippen LogP contribution is 2.38. The second-order valence-electron chi connectivity index (χ2n) is 7.33. The van der Waals surface area contributed by atoms with Crippen molar-refractivity contribution in [3.8, 4) is 17.6 Å². The van der Waals surface area contributed by atoms with Crippen LogP contribution in [0.3, 0.4) is 0 Å². The Kier molecular flexibility index (Phi) is 8.47. The maximum absolute atomic E-state index is 12.7. The molecule has 0 aliphatic rings. The lowest BCUT2D eigenvalue weighted by Crippen LogP contribution is -2.14. The van der Waals surface area contributed by atoms with Crippen molar-refractivity contribution in [2.24, 2.45) is 0 Å². The predicted molar refractivity (Wildman–Crippen MR) is 137 cm³/mol. The first-order valence-corrected chi connectivity index (χ1v) is 11.3. The molecule has 3 rings (SSSR count). The zero-order chi connectivity index (χ0) is 25.5. The second kappa shape index (κ2) is 11.5. The Labute approximate surface area is 215 Å². The number of nitro groups is 1. The van der Waals surface area contributed by atoms with Crippen LogP contribution < -0.4 is 14.8 Å². The third-order valence-electron chi connectivity index (χ3n) is 4.90. The molecule has 0 aliphatic heterocycles. The Morgan fingerprint density at radius 2 is 1.94 bits per heavy atom. The fourth-order valence-electron chi connectivity index (χ4n) is 3.06. The Morgan fingerprint density at radius 1 is 1.23 bits per heavy atom. The molecule has 0 atom stereocenters. The summed E-state index contributed by atoms with van der Waals surface area (Å²) in [5.41, 5.74) is 1.92. The monoisotopic (exact) mass is 555 g/mol. The Bertz CT molecular complexity index is 1350. The van der Waals surface area contributed by atoms with Crippen LogP contribution in [0.1, 0.15) is 16.7 Å². The quantitative estimate of drug-likeness (QED) is 0.148. The van der Waals surface area contributed by atoms with Gasteiger partial charge < -0.3 is 14.8 Å². The zero-order valence-electron chi connectivity index (χ0n) is 18.7. The first kappa shape index (κ1) is 25.7. The van der Waals surface area contributed by atoms with E-state index in [2.05, 4.69) is 21.2 Å². The minimum atomic E-state index is -0.700. The Hall–Kier alpha value is -3.87. The van der Waals surface area contributed by atoms with Crippen LogP contribution in [0, 0.1) is 28.4 Å². The van der Waals surface area contributed by atoms with Crippen molar-refractivity contribution in [3.05, 3.63) is 96.5 Å². The number of hydrogen-bond acceptors (Lipinski definition) is 6. The van der Waals surface area contributed by atoms with Crippen molar-refractivity contribution in [1.82, 2.24) is 0 Å². The van der Waals surface area contributed by atoms with Crippen LogP contribution in [-0.4, -0.2) is 17.9 Å². The molecule has 0 aromatic heterocycles. The van der Waals surface area contributed by atoms with Crippen molar-refractivity contribution in [3.63, 3.8) is 0 Å². The number of nitriles is 1. The van der Waals surface area contributed by atoms with E-state index in [9.17, 15) is 20.2 Å². The number of amides is 1. The number of non-ortho nitro benzene ring substituents is 1. The van der Waals surface area contributed by atoms with Gasteiger partial charge in [-0.2, -0.15) is 5.26 Å². The van der Waals surface area contributed by atoms with Gasteiger partial charge >= 0.3 is 0 Å². The normalized spacial score (nSPS) is 10.9. The van der Waals surface area contributed by atoms with Crippen LogP contribution >= 0.6 is 27.5 Å². The minimum Gasteiger partial charge on any atom is -0.493 e. The number of methoxy groups -OCH3 is 1. The molecule has 0 saturated carbocycles. The van der Waals surface area contributed by atoms with Crippen LogP contribution in [-0.2, 0) is 11.4 Å². The first-order chi connectivity index (χ1) is 16.7. The van der Waals surface area contributed by atoms with E-state index < -0.39 is 10.8 Å². The van der Waals surface area contributed by atoms with E-state index in [0.29, 0.717) is 32.1 Å². The molecule has 8 nitrogen and oxygen atoms in total. The maximum atomic E-state index is 12.7. The average molecular weight is 557 g/mol. The van der Waals surface area contributed by atoms with Gasteiger partial charge in [0, 0.05) is 17.2 Å². The van der Waals surface area contributed by atoms with E-state index >= 15 is 0 Å². The van der Waals surface area contributed by atoms with Crippen LogP contribution in [0.4, 0.5) is 11.4 Å². The smallest absolute Gasteiger partial charge is 0.271 e. The van der Waals surface area contributed by atoms with Gasteiger partial charge in [0.05, 0.1) is 22.2 Å². The summed E-state index contributed by atoms with van der Waals surface area (Å²) in [7, 11) is 1.48. The van der Waals surface area contributed by atoms with Crippen LogP contribution in [0.15, 0.2) is 64.6 Å². The van der Waals surface area contributed by atoms with Gasteiger partial charge in [-0.25, -0.2) is 0 Å². The van der Waals surface area contributed by atoms with Crippen molar-refractivity contribution >= 4 is 50.9 Å². The topological polar surface area (TPSA) is 114 Å². The fourth-order valence-corrected chi connectivity index (χ4v) is 3.76. The highest BCUT2D eigenvalue weighted by Gasteiger charge is 2.16. The fraction of sp³-hybridized carbons (Fsp3) is 0.120. The summed E-state index contributed by atoms with van der Waals surface area (Å²) < 4.78 is 11.9. The molecular weight excluding hydrogens is 538 g/mol. The molecule has 0 unspecified atom stereocenters. The number of aryl methyl sites for hydroxylation is 1. The van der Waals surface area contributed by atoms with Gasteiger partial charge in [0.1, 0.15) is 18.2 Å². The molecular formula is C25H19BrClN3O5. The van der Waals surface area contributed by atoms with Gasteiger partial charge in [-0.15, -0.1) is 0 Å². The molecule has 35 heavy (non-hydrogen) atoms. The Balaban J connectivity index is 1.84. The molecule has 10 heteroatoms. The predicted octanol–water partition coefficient (Wildman–Crippen LogP) is 6.45. The number of carbonyl (C=O) groups is 1. The van der Waals surface area contributed by atoms with E-state index in [1.807, 2.05) is 18.2 Å².